The average molecular weight is 449 g/mol. The number of aromatic nitrogens is 6. The standard InChI is InChI=1S/C26H17ClN6/c27-19-5-3-4-18(14-19)23-15-24(30-29-23)26-22-7-2-1-6-21(22)25(31-32-26)17-8-10-20(11-9-17)33-13-12-28-16-33/h1-16H,(H,29,30). The van der Waals surface area contributed by atoms with E-state index < -0.39 is 0 Å². The van der Waals surface area contributed by atoms with Crippen LogP contribution in [-0.4, -0.2) is 29.9 Å². The van der Waals surface area contributed by atoms with Crippen molar-refractivity contribution in [2.24, 2.45) is 0 Å². The maximum atomic E-state index is 6.15. The van der Waals surface area contributed by atoms with Crippen molar-refractivity contribution in [2.45, 2.75) is 0 Å². The Balaban J connectivity index is 1.42. The fraction of sp³-hybridized carbons (Fsp3) is 0. The number of hydrogen-bond donors (Lipinski definition) is 1. The molecular weight excluding hydrogens is 432 g/mol. The minimum atomic E-state index is 0.672. The van der Waals surface area contributed by atoms with E-state index in [1.54, 1.807) is 12.5 Å². The van der Waals surface area contributed by atoms with Crippen LogP contribution in [0.4, 0.5) is 0 Å². The molecule has 0 saturated heterocycles. The lowest BCUT2D eigenvalue weighted by Gasteiger charge is -2.09. The van der Waals surface area contributed by atoms with Gasteiger partial charge in [-0.25, -0.2) is 4.98 Å². The SMILES string of the molecule is Clc1cccc(-c2cc(-c3nnc(-c4ccc(-n5ccnc5)cc4)c4ccccc34)[nH]n2)c1. The summed E-state index contributed by atoms with van der Waals surface area (Å²) in [4.78, 5) is 4.11. The first-order valence-corrected chi connectivity index (χ1v) is 10.8. The monoisotopic (exact) mass is 448 g/mol. The minimum Gasteiger partial charge on any atom is -0.306 e. The molecule has 0 atom stereocenters. The van der Waals surface area contributed by atoms with Gasteiger partial charge in [-0.2, -0.15) is 5.10 Å². The van der Waals surface area contributed by atoms with Crippen LogP contribution in [0.15, 0.2) is 97.6 Å². The Kier molecular flexibility index (Phi) is 4.70. The molecule has 33 heavy (non-hydrogen) atoms. The Bertz CT molecular complexity index is 1570. The van der Waals surface area contributed by atoms with E-state index in [9.17, 15) is 0 Å². The summed E-state index contributed by atoms with van der Waals surface area (Å²) in [5.74, 6) is 0. The number of imidazole rings is 1. The number of benzene rings is 3. The van der Waals surface area contributed by atoms with Gasteiger partial charge in [-0.05, 0) is 30.3 Å². The third kappa shape index (κ3) is 3.56. The molecule has 3 heterocycles. The van der Waals surface area contributed by atoms with E-state index >= 15 is 0 Å². The molecule has 0 aliphatic rings. The molecule has 158 valence electrons. The van der Waals surface area contributed by atoms with Crippen LogP contribution in [0.2, 0.25) is 5.02 Å². The molecule has 3 aromatic carbocycles. The molecule has 0 fully saturated rings. The number of halogens is 1. The van der Waals surface area contributed by atoms with Gasteiger partial charge in [-0.3, -0.25) is 5.10 Å². The van der Waals surface area contributed by atoms with Crippen molar-refractivity contribution in [3.8, 4) is 39.6 Å². The van der Waals surface area contributed by atoms with Crippen molar-refractivity contribution >= 4 is 22.4 Å². The highest BCUT2D eigenvalue weighted by Gasteiger charge is 2.15. The van der Waals surface area contributed by atoms with E-state index in [1.165, 1.54) is 0 Å². The van der Waals surface area contributed by atoms with Crippen molar-refractivity contribution in [1.29, 1.82) is 0 Å². The number of hydrogen-bond acceptors (Lipinski definition) is 4. The van der Waals surface area contributed by atoms with Crippen molar-refractivity contribution < 1.29 is 0 Å². The molecule has 6 nitrogen and oxygen atoms in total. The van der Waals surface area contributed by atoms with Crippen LogP contribution in [-0.2, 0) is 0 Å². The predicted octanol–water partition coefficient (Wildman–Crippen LogP) is 6.19. The third-order valence-corrected chi connectivity index (χ3v) is 5.82. The van der Waals surface area contributed by atoms with Gasteiger partial charge < -0.3 is 4.57 Å². The molecule has 7 heteroatoms. The highest BCUT2D eigenvalue weighted by atomic mass is 35.5. The fourth-order valence-electron chi connectivity index (χ4n) is 3.96. The summed E-state index contributed by atoms with van der Waals surface area (Å²) in [5, 5.41) is 19.5. The van der Waals surface area contributed by atoms with Crippen molar-refractivity contribution in [2.75, 3.05) is 0 Å². The first-order chi connectivity index (χ1) is 16.3. The van der Waals surface area contributed by atoms with Gasteiger partial charge in [0, 0.05) is 45.0 Å². The quantitative estimate of drug-likeness (QED) is 0.349. The molecule has 0 aliphatic heterocycles. The topological polar surface area (TPSA) is 72.3 Å². The maximum Gasteiger partial charge on any atom is 0.119 e. The van der Waals surface area contributed by atoms with Crippen molar-refractivity contribution in [3.63, 3.8) is 0 Å². The van der Waals surface area contributed by atoms with Crippen molar-refractivity contribution in [1.82, 2.24) is 29.9 Å². The molecule has 0 bridgehead atoms. The van der Waals surface area contributed by atoms with Gasteiger partial charge in [0.05, 0.1) is 17.7 Å². The lowest BCUT2D eigenvalue weighted by Crippen LogP contribution is -1.96. The summed E-state index contributed by atoms with van der Waals surface area (Å²) >= 11 is 6.15. The van der Waals surface area contributed by atoms with Crippen molar-refractivity contribution in [3.05, 3.63) is 103 Å². The van der Waals surface area contributed by atoms with E-state index in [1.807, 2.05) is 65.4 Å². The lowest BCUT2D eigenvalue weighted by atomic mass is 10.0. The Labute approximate surface area is 194 Å². The first kappa shape index (κ1) is 19.4. The van der Waals surface area contributed by atoms with E-state index in [4.69, 9.17) is 11.6 Å². The molecule has 1 N–H and O–H groups in total. The molecule has 0 aliphatic carbocycles. The van der Waals surface area contributed by atoms with E-state index in [-0.39, 0.29) is 0 Å². The number of fused-ring (bicyclic) bond motifs is 1. The van der Waals surface area contributed by atoms with Crippen LogP contribution < -0.4 is 0 Å². The van der Waals surface area contributed by atoms with E-state index in [2.05, 4.69) is 49.6 Å². The number of H-pyrrole nitrogens is 1. The van der Waals surface area contributed by atoms with E-state index in [0.717, 1.165) is 50.4 Å². The van der Waals surface area contributed by atoms with E-state index in [0.29, 0.717) is 5.02 Å². The lowest BCUT2D eigenvalue weighted by molar-refractivity contribution is 1.03. The molecule has 6 aromatic rings. The second-order valence-electron chi connectivity index (χ2n) is 7.64. The van der Waals surface area contributed by atoms with Crippen LogP contribution in [0.3, 0.4) is 0 Å². The summed E-state index contributed by atoms with van der Waals surface area (Å²) in [7, 11) is 0. The van der Waals surface area contributed by atoms with Crippen LogP contribution in [0.1, 0.15) is 0 Å². The second kappa shape index (κ2) is 8.00. The summed E-state index contributed by atoms with van der Waals surface area (Å²) in [5.41, 5.74) is 6.17. The van der Waals surface area contributed by atoms with Gasteiger partial charge in [-0.15, -0.1) is 10.2 Å². The largest absolute Gasteiger partial charge is 0.306 e. The molecule has 0 amide bonds. The second-order valence-corrected chi connectivity index (χ2v) is 8.07. The summed E-state index contributed by atoms with van der Waals surface area (Å²) in [6.07, 6.45) is 5.46. The molecule has 0 radical (unpaired) electrons. The minimum absolute atomic E-state index is 0.672. The normalized spacial score (nSPS) is 11.2. The maximum absolute atomic E-state index is 6.15. The number of nitrogens with zero attached hydrogens (tertiary/aromatic N) is 5. The third-order valence-electron chi connectivity index (χ3n) is 5.58. The molecule has 0 unspecified atom stereocenters. The highest BCUT2D eigenvalue weighted by molar-refractivity contribution is 6.30. The summed E-state index contributed by atoms with van der Waals surface area (Å²) in [6.45, 7) is 0. The number of aromatic amines is 1. The average Bonchev–Trinajstić information content (AvgIpc) is 3.56. The Morgan fingerprint density at radius 1 is 0.758 bits per heavy atom. The first-order valence-electron chi connectivity index (χ1n) is 10.4. The van der Waals surface area contributed by atoms with Crippen LogP contribution in [0.5, 0.6) is 0 Å². The van der Waals surface area contributed by atoms with Gasteiger partial charge in [0.2, 0.25) is 0 Å². The summed E-state index contributed by atoms with van der Waals surface area (Å²) < 4.78 is 1.96. The van der Waals surface area contributed by atoms with Gasteiger partial charge in [0.25, 0.3) is 0 Å². The molecule has 0 spiro atoms. The predicted molar refractivity (Wildman–Crippen MR) is 130 cm³/mol. The Hall–Kier alpha value is -4.29. The molecule has 3 aromatic heterocycles. The smallest absolute Gasteiger partial charge is 0.119 e. The van der Waals surface area contributed by atoms with Gasteiger partial charge >= 0.3 is 0 Å². The van der Waals surface area contributed by atoms with Crippen LogP contribution in [0, 0.1) is 0 Å². The van der Waals surface area contributed by atoms with Gasteiger partial charge in [0.1, 0.15) is 11.4 Å². The molecular formula is C26H17ClN6. The zero-order chi connectivity index (χ0) is 22.2. The number of nitrogens with one attached hydrogen (secondary N) is 1. The zero-order valence-corrected chi connectivity index (χ0v) is 18.1. The number of rotatable bonds is 4. The van der Waals surface area contributed by atoms with Gasteiger partial charge in [-0.1, -0.05) is 60.1 Å². The molecule has 6 rings (SSSR count). The molecule has 0 saturated carbocycles. The zero-order valence-electron chi connectivity index (χ0n) is 17.4. The van der Waals surface area contributed by atoms with Gasteiger partial charge in [0.15, 0.2) is 0 Å². The fourth-order valence-corrected chi connectivity index (χ4v) is 4.15. The summed E-state index contributed by atoms with van der Waals surface area (Å²) in [6, 6.07) is 26.0. The Morgan fingerprint density at radius 3 is 2.30 bits per heavy atom. The Morgan fingerprint density at radius 2 is 1.55 bits per heavy atom. The highest BCUT2D eigenvalue weighted by Crippen LogP contribution is 2.33. The van der Waals surface area contributed by atoms with Crippen LogP contribution >= 0.6 is 11.6 Å². The van der Waals surface area contributed by atoms with Crippen LogP contribution in [0.25, 0.3) is 50.4 Å².